The Morgan fingerprint density at radius 1 is 0.879 bits per heavy atom. The highest BCUT2D eigenvalue weighted by molar-refractivity contribution is 6.30. The van der Waals surface area contributed by atoms with Crippen LogP contribution in [0.5, 0.6) is 0 Å². The van der Waals surface area contributed by atoms with E-state index in [9.17, 15) is 27.6 Å². The zero-order chi connectivity index (χ0) is 24.0. The second kappa shape index (κ2) is 10.7. The Labute approximate surface area is 193 Å². The Hall–Kier alpha value is -3.07. The summed E-state index contributed by atoms with van der Waals surface area (Å²) in [4.78, 5) is 37.1. The summed E-state index contributed by atoms with van der Waals surface area (Å²) >= 11 is 5.85. The number of rotatable bonds is 6. The zero-order valence-electron chi connectivity index (χ0n) is 17.5. The fourth-order valence-corrected chi connectivity index (χ4v) is 3.81. The molecule has 1 aliphatic carbocycles. The van der Waals surface area contributed by atoms with Gasteiger partial charge in [0.15, 0.2) is 0 Å². The molecule has 0 aliphatic heterocycles. The van der Waals surface area contributed by atoms with Crippen molar-refractivity contribution >= 4 is 29.3 Å². The Morgan fingerprint density at radius 2 is 1.52 bits per heavy atom. The van der Waals surface area contributed by atoms with Crippen molar-refractivity contribution in [2.24, 2.45) is 0 Å². The van der Waals surface area contributed by atoms with E-state index >= 15 is 0 Å². The molecule has 3 amide bonds. The molecule has 1 aliphatic rings. The highest BCUT2D eigenvalue weighted by Gasteiger charge is 2.31. The molecule has 0 saturated heterocycles. The summed E-state index contributed by atoms with van der Waals surface area (Å²) in [6.07, 6.45) is -1.47. The first kappa shape index (κ1) is 24.6. The highest BCUT2D eigenvalue weighted by Crippen LogP contribution is 2.29. The minimum atomic E-state index is -4.57. The van der Waals surface area contributed by atoms with Gasteiger partial charge in [0.1, 0.15) is 0 Å². The molecule has 2 aromatic rings. The monoisotopic (exact) mass is 481 g/mol. The van der Waals surface area contributed by atoms with E-state index in [1.165, 1.54) is 6.07 Å². The third-order valence-corrected chi connectivity index (χ3v) is 5.65. The second-order valence-corrected chi connectivity index (χ2v) is 8.24. The molecule has 0 heterocycles. The maximum Gasteiger partial charge on any atom is 0.416 e. The summed E-state index contributed by atoms with van der Waals surface area (Å²) in [5.74, 6) is -1.56. The highest BCUT2D eigenvalue weighted by atomic mass is 35.5. The third kappa shape index (κ3) is 6.95. The van der Waals surface area contributed by atoms with Crippen LogP contribution in [0.3, 0.4) is 0 Å². The van der Waals surface area contributed by atoms with E-state index in [2.05, 4.69) is 16.0 Å². The van der Waals surface area contributed by atoms with Gasteiger partial charge in [-0.25, -0.2) is 0 Å². The van der Waals surface area contributed by atoms with Gasteiger partial charge >= 0.3 is 6.18 Å². The predicted molar refractivity (Wildman–Crippen MR) is 117 cm³/mol. The Bertz CT molecular complexity index is 1010. The fourth-order valence-electron chi connectivity index (χ4n) is 3.69. The smallest absolute Gasteiger partial charge is 0.350 e. The largest absolute Gasteiger partial charge is 0.416 e. The second-order valence-electron chi connectivity index (χ2n) is 7.81. The van der Waals surface area contributed by atoms with E-state index in [0.29, 0.717) is 23.4 Å². The van der Waals surface area contributed by atoms with Crippen molar-refractivity contribution in [3.63, 3.8) is 0 Å². The van der Waals surface area contributed by atoms with Gasteiger partial charge in [-0.05, 0) is 55.3 Å². The predicted octanol–water partition coefficient (Wildman–Crippen LogP) is 3.95. The first-order valence-electron chi connectivity index (χ1n) is 10.4. The number of carbonyl (C=O) groups is 3. The van der Waals surface area contributed by atoms with E-state index < -0.39 is 30.1 Å². The van der Waals surface area contributed by atoms with Crippen molar-refractivity contribution in [3.8, 4) is 0 Å². The average Bonchev–Trinajstić information content (AvgIpc) is 2.78. The van der Waals surface area contributed by atoms with Crippen LogP contribution in [-0.2, 0) is 11.0 Å². The number of hydrogen-bond acceptors (Lipinski definition) is 3. The van der Waals surface area contributed by atoms with E-state index in [4.69, 9.17) is 11.6 Å². The van der Waals surface area contributed by atoms with Crippen molar-refractivity contribution in [1.29, 1.82) is 0 Å². The number of benzene rings is 2. The van der Waals surface area contributed by atoms with Crippen LogP contribution in [0.25, 0.3) is 0 Å². The van der Waals surface area contributed by atoms with Gasteiger partial charge in [0, 0.05) is 28.2 Å². The summed E-state index contributed by atoms with van der Waals surface area (Å²) in [6, 6.07) is 9.81. The van der Waals surface area contributed by atoms with E-state index in [1.807, 2.05) is 0 Å². The number of hydrogen-bond donors (Lipinski definition) is 3. The van der Waals surface area contributed by atoms with E-state index in [1.54, 1.807) is 24.3 Å². The van der Waals surface area contributed by atoms with E-state index in [0.717, 1.165) is 31.0 Å². The molecule has 176 valence electrons. The number of carbonyl (C=O) groups excluding carboxylic acids is 3. The average molecular weight is 482 g/mol. The Kier molecular flexibility index (Phi) is 7.97. The molecular weight excluding hydrogens is 459 g/mol. The molecular formula is C23H23ClF3N3O3. The normalized spacial score (nSPS) is 18.3. The van der Waals surface area contributed by atoms with Crippen LogP contribution in [0.15, 0.2) is 48.5 Å². The van der Waals surface area contributed by atoms with Crippen LogP contribution < -0.4 is 16.0 Å². The SMILES string of the molecule is O=C(CNC(=O)c1cccc(C(F)(F)F)c1)N[C@H]1CCCC[C@H]1NC(=O)c1ccc(Cl)cc1. The van der Waals surface area contributed by atoms with Crippen molar-refractivity contribution < 1.29 is 27.6 Å². The number of alkyl halides is 3. The van der Waals surface area contributed by atoms with Gasteiger partial charge in [-0.2, -0.15) is 13.2 Å². The lowest BCUT2D eigenvalue weighted by molar-refractivity contribution is -0.137. The van der Waals surface area contributed by atoms with Gasteiger partial charge in [-0.1, -0.05) is 30.5 Å². The standard InChI is InChI=1S/C23H23ClF3N3O3/c24-17-10-8-14(9-11-17)22(33)30-19-7-2-1-6-18(19)29-20(31)13-28-21(32)15-4-3-5-16(12-15)23(25,26)27/h3-5,8-12,18-19H,1-2,6-7,13H2,(H,28,32)(H,29,31)(H,30,33)/t18-,19+/m0/s1. The van der Waals surface area contributed by atoms with Gasteiger partial charge in [0.05, 0.1) is 12.1 Å². The molecule has 2 aromatic carbocycles. The van der Waals surface area contributed by atoms with Gasteiger partial charge in [0.2, 0.25) is 5.91 Å². The molecule has 6 nitrogen and oxygen atoms in total. The molecule has 0 bridgehead atoms. The summed E-state index contributed by atoms with van der Waals surface area (Å²) < 4.78 is 38.5. The quantitative estimate of drug-likeness (QED) is 0.584. The lowest BCUT2D eigenvalue weighted by Crippen LogP contribution is -2.54. The molecule has 3 N–H and O–H groups in total. The molecule has 1 saturated carbocycles. The minimum Gasteiger partial charge on any atom is -0.350 e. The van der Waals surface area contributed by atoms with Gasteiger partial charge < -0.3 is 16.0 Å². The van der Waals surface area contributed by atoms with Crippen LogP contribution in [0.2, 0.25) is 5.02 Å². The zero-order valence-corrected chi connectivity index (χ0v) is 18.3. The number of nitrogens with one attached hydrogen (secondary N) is 3. The van der Waals surface area contributed by atoms with Crippen LogP contribution in [0.4, 0.5) is 13.2 Å². The molecule has 33 heavy (non-hydrogen) atoms. The van der Waals surface area contributed by atoms with Gasteiger partial charge in [-0.15, -0.1) is 0 Å². The van der Waals surface area contributed by atoms with E-state index in [-0.39, 0.29) is 23.6 Å². The van der Waals surface area contributed by atoms with Crippen molar-refractivity contribution in [1.82, 2.24) is 16.0 Å². The van der Waals surface area contributed by atoms with Crippen LogP contribution in [0.1, 0.15) is 52.0 Å². The number of amides is 3. The van der Waals surface area contributed by atoms with Crippen molar-refractivity contribution in [2.45, 2.75) is 43.9 Å². The first-order valence-corrected chi connectivity index (χ1v) is 10.8. The molecule has 10 heteroatoms. The van der Waals surface area contributed by atoms with Crippen LogP contribution >= 0.6 is 11.6 Å². The topological polar surface area (TPSA) is 87.3 Å². The van der Waals surface area contributed by atoms with Gasteiger partial charge in [-0.3, -0.25) is 14.4 Å². The third-order valence-electron chi connectivity index (χ3n) is 5.40. The van der Waals surface area contributed by atoms with Crippen LogP contribution in [-0.4, -0.2) is 36.3 Å². The lowest BCUT2D eigenvalue weighted by Gasteiger charge is -2.33. The summed E-state index contributed by atoms with van der Waals surface area (Å²) in [5, 5.41) is 8.59. The summed E-state index contributed by atoms with van der Waals surface area (Å²) in [5.41, 5.74) is -0.687. The first-order chi connectivity index (χ1) is 15.6. The Balaban J connectivity index is 1.54. The summed E-state index contributed by atoms with van der Waals surface area (Å²) in [7, 11) is 0. The fraction of sp³-hybridized carbons (Fsp3) is 0.348. The molecule has 3 rings (SSSR count). The summed E-state index contributed by atoms with van der Waals surface area (Å²) in [6.45, 7) is -0.399. The molecule has 0 spiro atoms. The molecule has 1 fully saturated rings. The lowest BCUT2D eigenvalue weighted by atomic mass is 9.90. The molecule has 2 atom stereocenters. The van der Waals surface area contributed by atoms with Crippen molar-refractivity contribution in [3.05, 3.63) is 70.2 Å². The number of halogens is 4. The molecule has 0 radical (unpaired) electrons. The van der Waals surface area contributed by atoms with Crippen LogP contribution in [0, 0.1) is 0 Å². The molecule has 0 unspecified atom stereocenters. The van der Waals surface area contributed by atoms with Gasteiger partial charge in [0.25, 0.3) is 11.8 Å². The minimum absolute atomic E-state index is 0.191. The maximum absolute atomic E-state index is 12.8. The van der Waals surface area contributed by atoms with Crippen molar-refractivity contribution in [2.75, 3.05) is 6.54 Å². The maximum atomic E-state index is 12.8. The Morgan fingerprint density at radius 3 is 2.15 bits per heavy atom. The molecule has 0 aromatic heterocycles.